The number of piperidine rings is 1. The van der Waals surface area contributed by atoms with Gasteiger partial charge < -0.3 is 15.0 Å². The Labute approximate surface area is 169 Å². The Morgan fingerprint density at radius 2 is 1.86 bits per heavy atom. The lowest BCUT2D eigenvalue weighted by molar-refractivity contribution is -0.149. The van der Waals surface area contributed by atoms with Gasteiger partial charge in [0.1, 0.15) is 5.82 Å². The fraction of sp³-hybridized carbons (Fsp3) is 0.429. The van der Waals surface area contributed by atoms with Gasteiger partial charge >= 0.3 is 5.97 Å². The molecule has 8 heteroatoms. The molecule has 2 aromatic rings. The van der Waals surface area contributed by atoms with Crippen LogP contribution in [0.25, 0.3) is 0 Å². The summed E-state index contributed by atoms with van der Waals surface area (Å²) in [4.78, 5) is 38.6. The number of aromatic nitrogens is 2. The average molecular weight is 398 g/mol. The van der Waals surface area contributed by atoms with Gasteiger partial charge in [0, 0.05) is 26.2 Å². The molecule has 1 aromatic carbocycles. The number of hydrogen-bond donors (Lipinski definition) is 1. The first-order valence-electron chi connectivity index (χ1n) is 9.81. The molecule has 0 radical (unpaired) electrons. The molecule has 0 spiro atoms. The topological polar surface area (TPSA) is 93.5 Å². The van der Waals surface area contributed by atoms with Crippen LogP contribution in [0.15, 0.2) is 36.4 Å². The minimum absolute atomic E-state index is 0.157. The van der Waals surface area contributed by atoms with Gasteiger partial charge in [-0.15, -0.1) is 0 Å². The van der Waals surface area contributed by atoms with Crippen LogP contribution in [0.5, 0.6) is 0 Å². The second-order valence-corrected chi connectivity index (χ2v) is 7.07. The Bertz CT molecular complexity index is 870. The van der Waals surface area contributed by atoms with Gasteiger partial charge in [0.05, 0.1) is 18.9 Å². The van der Waals surface area contributed by atoms with Crippen molar-refractivity contribution in [3.8, 4) is 0 Å². The molecule has 8 nitrogen and oxygen atoms in total. The molecule has 1 aliphatic rings. The van der Waals surface area contributed by atoms with Crippen LogP contribution in [-0.2, 0) is 27.8 Å². The van der Waals surface area contributed by atoms with E-state index in [1.807, 2.05) is 30.3 Å². The van der Waals surface area contributed by atoms with Crippen molar-refractivity contribution in [2.45, 2.75) is 26.2 Å². The maximum Gasteiger partial charge on any atom is 0.309 e. The maximum absolute atomic E-state index is 12.8. The van der Waals surface area contributed by atoms with E-state index in [0.29, 0.717) is 38.4 Å². The lowest BCUT2D eigenvalue weighted by atomic mass is 9.97. The highest BCUT2D eigenvalue weighted by Crippen LogP contribution is 2.21. The van der Waals surface area contributed by atoms with Gasteiger partial charge in [0.15, 0.2) is 5.69 Å². The van der Waals surface area contributed by atoms with Crippen molar-refractivity contribution in [1.82, 2.24) is 14.7 Å². The quantitative estimate of drug-likeness (QED) is 0.752. The highest BCUT2D eigenvalue weighted by atomic mass is 16.5. The summed E-state index contributed by atoms with van der Waals surface area (Å²) in [6.07, 6.45) is 1.41. The molecule has 3 rings (SSSR count). The zero-order chi connectivity index (χ0) is 20.8. The Hall–Kier alpha value is -3.16. The number of esters is 1. The summed E-state index contributed by atoms with van der Waals surface area (Å²) in [5, 5.41) is 7.05. The summed E-state index contributed by atoms with van der Waals surface area (Å²) in [5.41, 5.74) is 1.19. The van der Waals surface area contributed by atoms with Crippen molar-refractivity contribution < 1.29 is 19.1 Å². The van der Waals surface area contributed by atoms with Gasteiger partial charge in [-0.2, -0.15) is 5.10 Å². The lowest BCUT2D eigenvalue weighted by Crippen LogP contribution is -2.40. The average Bonchev–Trinajstić information content (AvgIpc) is 3.08. The summed E-state index contributed by atoms with van der Waals surface area (Å²) in [5.74, 6) is -0.257. The van der Waals surface area contributed by atoms with Crippen LogP contribution in [0.3, 0.4) is 0 Å². The van der Waals surface area contributed by atoms with E-state index in [-0.39, 0.29) is 35.8 Å². The molecule has 0 unspecified atom stereocenters. The first-order chi connectivity index (χ1) is 14.0. The monoisotopic (exact) mass is 398 g/mol. The summed E-state index contributed by atoms with van der Waals surface area (Å²) >= 11 is 0. The summed E-state index contributed by atoms with van der Waals surface area (Å²) < 4.78 is 6.55. The van der Waals surface area contributed by atoms with Crippen LogP contribution < -0.4 is 5.32 Å². The number of nitrogens with zero attached hydrogens (tertiary/aromatic N) is 3. The summed E-state index contributed by atoms with van der Waals surface area (Å²) in [6, 6.07) is 11.0. The SMILES string of the molecule is CCOC(=O)C1CCN(C(=O)c2cc(NC(=O)Cc3ccccc3)n(C)n2)CC1. The molecule has 0 atom stereocenters. The van der Waals surface area contributed by atoms with Gasteiger partial charge in [0.2, 0.25) is 5.91 Å². The third kappa shape index (κ3) is 5.22. The van der Waals surface area contributed by atoms with E-state index in [1.54, 1.807) is 24.9 Å². The third-order valence-electron chi connectivity index (χ3n) is 4.98. The lowest BCUT2D eigenvalue weighted by Gasteiger charge is -2.30. The molecule has 0 aliphatic carbocycles. The second-order valence-electron chi connectivity index (χ2n) is 7.07. The second kappa shape index (κ2) is 9.36. The number of anilines is 1. The first kappa shape index (κ1) is 20.6. The van der Waals surface area contributed by atoms with Crippen molar-refractivity contribution in [3.63, 3.8) is 0 Å². The molecular formula is C21H26N4O4. The van der Waals surface area contributed by atoms with E-state index in [0.717, 1.165) is 5.56 Å². The third-order valence-corrected chi connectivity index (χ3v) is 4.98. The van der Waals surface area contributed by atoms with Crippen LogP contribution >= 0.6 is 0 Å². The van der Waals surface area contributed by atoms with Crippen molar-refractivity contribution in [2.75, 3.05) is 25.0 Å². The van der Waals surface area contributed by atoms with Gasteiger partial charge in [-0.25, -0.2) is 0 Å². The fourth-order valence-corrected chi connectivity index (χ4v) is 3.40. The number of hydrogen-bond acceptors (Lipinski definition) is 5. The summed E-state index contributed by atoms with van der Waals surface area (Å²) in [7, 11) is 1.68. The number of rotatable bonds is 6. The Morgan fingerprint density at radius 3 is 2.52 bits per heavy atom. The maximum atomic E-state index is 12.8. The molecule has 154 valence electrons. The van der Waals surface area contributed by atoms with Gasteiger partial charge in [0.25, 0.3) is 5.91 Å². The molecule has 0 bridgehead atoms. The van der Waals surface area contributed by atoms with E-state index < -0.39 is 0 Å². The van der Waals surface area contributed by atoms with Crippen LogP contribution in [0.4, 0.5) is 5.82 Å². The van der Waals surface area contributed by atoms with Crippen molar-refractivity contribution in [1.29, 1.82) is 0 Å². The number of aryl methyl sites for hydroxylation is 1. The first-order valence-corrected chi connectivity index (χ1v) is 9.81. The standard InChI is InChI=1S/C21H26N4O4/c1-3-29-21(28)16-9-11-25(12-10-16)20(27)17-14-18(24(2)23-17)22-19(26)13-15-7-5-4-6-8-15/h4-8,14,16H,3,9-13H2,1-2H3,(H,22,26). The fourth-order valence-electron chi connectivity index (χ4n) is 3.40. The Morgan fingerprint density at radius 1 is 1.17 bits per heavy atom. The van der Waals surface area contributed by atoms with Gasteiger partial charge in [-0.05, 0) is 25.3 Å². The Kier molecular flexibility index (Phi) is 6.64. The van der Waals surface area contributed by atoms with Crippen molar-refractivity contribution in [3.05, 3.63) is 47.7 Å². The molecule has 1 aliphatic heterocycles. The van der Waals surface area contributed by atoms with Crippen molar-refractivity contribution in [2.24, 2.45) is 13.0 Å². The van der Waals surface area contributed by atoms with E-state index in [2.05, 4.69) is 10.4 Å². The normalized spacial score (nSPS) is 14.5. The molecule has 0 saturated carbocycles. The number of ether oxygens (including phenoxy) is 1. The van der Waals surface area contributed by atoms with Gasteiger partial charge in [-0.3, -0.25) is 19.1 Å². The number of nitrogens with one attached hydrogen (secondary N) is 1. The zero-order valence-corrected chi connectivity index (χ0v) is 16.8. The number of amides is 2. The van der Waals surface area contributed by atoms with Gasteiger partial charge in [-0.1, -0.05) is 30.3 Å². The predicted molar refractivity (Wildman–Crippen MR) is 107 cm³/mol. The molecule has 1 fully saturated rings. The number of likely N-dealkylation sites (tertiary alicyclic amines) is 1. The zero-order valence-electron chi connectivity index (χ0n) is 16.8. The van der Waals surface area contributed by atoms with Crippen LogP contribution in [-0.4, -0.2) is 52.2 Å². The molecule has 2 heterocycles. The summed E-state index contributed by atoms with van der Waals surface area (Å²) in [6.45, 7) is 3.11. The molecule has 1 saturated heterocycles. The van der Waals surface area contributed by atoms with E-state index in [1.165, 1.54) is 4.68 Å². The minimum Gasteiger partial charge on any atom is -0.466 e. The van der Waals surface area contributed by atoms with E-state index >= 15 is 0 Å². The Balaban J connectivity index is 1.57. The van der Waals surface area contributed by atoms with Crippen LogP contribution in [0.1, 0.15) is 35.8 Å². The number of benzene rings is 1. The highest BCUT2D eigenvalue weighted by molar-refractivity contribution is 5.96. The minimum atomic E-state index is -0.202. The number of carbonyl (C=O) groups is 3. The van der Waals surface area contributed by atoms with E-state index in [9.17, 15) is 14.4 Å². The molecule has 29 heavy (non-hydrogen) atoms. The number of carbonyl (C=O) groups excluding carboxylic acids is 3. The molecule has 2 amide bonds. The smallest absolute Gasteiger partial charge is 0.309 e. The predicted octanol–water partition coefficient (Wildman–Crippen LogP) is 2.02. The molecule has 1 aromatic heterocycles. The van der Waals surface area contributed by atoms with Crippen molar-refractivity contribution >= 4 is 23.6 Å². The molecule has 1 N–H and O–H groups in total. The highest BCUT2D eigenvalue weighted by Gasteiger charge is 2.29. The largest absolute Gasteiger partial charge is 0.466 e. The van der Waals surface area contributed by atoms with Crippen LogP contribution in [0.2, 0.25) is 0 Å². The molecular weight excluding hydrogens is 372 g/mol. The van der Waals surface area contributed by atoms with Crippen LogP contribution in [0, 0.1) is 5.92 Å². The van der Waals surface area contributed by atoms with E-state index in [4.69, 9.17) is 4.74 Å².